The van der Waals surface area contributed by atoms with Crippen LogP contribution in [-0.4, -0.2) is 20.8 Å². The van der Waals surface area contributed by atoms with E-state index in [4.69, 9.17) is 9.62 Å². The molecule has 141 valence electrons. The average Bonchev–Trinajstić information content (AvgIpc) is 3.04. The summed E-state index contributed by atoms with van der Waals surface area (Å²) in [5.74, 6) is 1.67. The van der Waals surface area contributed by atoms with Crippen LogP contribution in [0.3, 0.4) is 0 Å². The minimum absolute atomic E-state index is 0.118. The Hall–Kier alpha value is -2.11. The molecule has 1 aliphatic carbocycles. The Kier molecular flexibility index (Phi) is 5.49. The van der Waals surface area contributed by atoms with E-state index >= 15 is 0 Å². The van der Waals surface area contributed by atoms with Gasteiger partial charge in [-0.1, -0.05) is 18.0 Å². The van der Waals surface area contributed by atoms with Gasteiger partial charge >= 0.3 is 0 Å². The number of carbonyl (C=O) groups excluding carboxylic acids is 1. The molecule has 1 atom stereocenters. The van der Waals surface area contributed by atoms with Crippen LogP contribution in [0.4, 0.5) is 5.82 Å². The third-order valence-electron chi connectivity index (χ3n) is 4.74. The van der Waals surface area contributed by atoms with Gasteiger partial charge in [-0.15, -0.1) is 0 Å². The van der Waals surface area contributed by atoms with E-state index in [1.807, 2.05) is 17.7 Å². The lowest BCUT2D eigenvalue weighted by atomic mass is 9.97. The van der Waals surface area contributed by atoms with Crippen LogP contribution in [0.2, 0.25) is 0 Å². The predicted octanol–water partition coefficient (Wildman–Crippen LogP) is 4.37. The van der Waals surface area contributed by atoms with Gasteiger partial charge in [0, 0.05) is 18.1 Å². The first kappa shape index (κ1) is 18.7. The Morgan fingerprint density at radius 1 is 1.31 bits per heavy atom. The molecule has 2 aromatic heterocycles. The summed E-state index contributed by atoms with van der Waals surface area (Å²) in [4.78, 5) is 12.5. The summed E-state index contributed by atoms with van der Waals surface area (Å²) in [5.41, 5.74) is 1.65. The number of nitrogens with one attached hydrogen (secondary N) is 1. The van der Waals surface area contributed by atoms with E-state index in [-0.39, 0.29) is 17.9 Å². The van der Waals surface area contributed by atoms with Gasteiger partial charge in [0.15, 0.2) is 0 Å². The first-order chi connectivity index (χ1) is 12.3. The average molecular weight is 357 g/mol. The molecule has 0 aliphatic heterocycles. The van der Waals surface area contributed by atoms with E-state index in [0.717, 1.165) is 36.5 Å². The van der Waals surface area contributed by atoms with Gasteiger partial charge in [0.1, 0.15) is 11.6 Å². The zero-order valence-electron chi connectivity index (χ0n) is 16.2. The van der Waals surface area contributed by atoms with Gasteiger partial charge in [-0.3, -0.25) is 4.79 Å². The molecular formula is C20H29N4O2. The summed E-state index contributed by atoms with van der Waals surface area (Å²) in [6.07, 6.45) is 8.37. The van der Waals surface area contributed by atoms with Crippen LogP contribution in [0.15, 0.2) is 16.7 Å². The molecule has 0 aromatic carbocycles. The van der Waals surface area contributed by atoms with Crippen molar-refractivity contribution >= 4 is 11.7 Å². The Labute approximate surface area is 155 Å². The summed E-state index contributed by atoms with van der Waals surface area (Å²) < 4.78 is 7.08. The number of hydrogen-bond donors (Lipinski definition) is 1. The second-order valence-electron chi connectivity index (χ2n) is 8.19. The number of amides is 1. The molecule has 2 heterocycles. The number of rotatable bonds is 4. The third kappa shape index (κ3) is 4.54. The van der Waals surface area contributed by atoms with Crippen molar-refractivity contribution in [3.63, 3.8) is 0 Å². The molecule has 3 rings (SSSR count). The van der Waals surface area contributed by atoms with Crippen molar-refractivity contribution < 1.29 is 9.32 Å². The van der Waals surface area contributed by atoms with Crippen LogP contribution in [0.5, 0.6) is 0 Å². The summed E-state index contributed by atoms with van der Waals surface area (Å²) in [5, 5.41) is 11.7. The molecule has 2 aromatic rings. The first-order valence-electron chi connectivity index (χ1n) is 9.47. The number of carbonyl (C=O) groups is 1. The Morgan fingerprint density at radius 2 is 2.12 bits per heavy atom. The van der Waals surface area contributed by atoms with Crippen molar-refractivity contribution in [1.29, 1.82) is 0 Å². The Morgan fingerprint density at radius 3 is 2.81 bits per heavy atom. The zero-order chi connectivity index (χ0) is 18.7. The van der Waals surface area contributed by atoms with Gasteiger partial charge in [0.25, 0.3) is 0 Å². The number of aromatic nitrogens is 3. The summed E-state index contributed by atoms with van der Waals surface area (Å²) in [7, 11) is 0. The second kappa shape index (κ2) is 7.64. The zero-order valence-corrected chi connectivity index (χ0v) is 16.2. The molecule has 1 aliphatic rings. The summed E-state index contributed by atoms with van der Waals surface area (Å²) in [6.45, 7) is 8.14. The quantitative estimate of drug-likeness (QED) is 0.825. The largest absolute Gasteiger partial charge is 0.361 e. The normalized spacial score (nSPS) is 16.5. The smallest absolute Gasteiger partial charge is 0.233 e. The third-order valence-corrected chi connectivity index (χ3v) is 4.74. The van der Waals surface area contributed by atoms with E-state index in [0.29, 0.717) is 11.7 Å². The SMILES string of the molecule is Cc1cc(CC(=O)Nc2cc(C3CC[CH]CCC3)nn2C(C)(C)C)on1. The highest BCUT2D eigenvalue weighted by molar-refractivity contribution is 5.91. The maximum atomic E-state index is 12.5. The van der Waals surface area contributed by atoms with E-state index < -0.39 is 0 Å². The van der Waals surface area contributed by atoms with Crippen molar-refractivity contribution in [2.45, 2.75) is 77.7 Å². The molecule has 1 fully saturated rings. The van der Waals surface area contributed by atoms with E-state index in [2.05, 4.69) is 37.7 Å². The van der Waals surface area contributed by atoms with Crippen molar-refractivity contribution in [2.24, 2.45) is 0 Å². The molecule has 0 saturated heterocycles. The molecule has 6 nitrogen and oxygen atoms in total. The first-order valence-corrected chi connectivity index (χ1v) is 9.47. The van der Waals surface area contributed by atoms with Crippen molar-refractivity contribution in [3.05, 3.63) is 35.7 Å². The van der Waals surface area contributed by atoms with Crippen LogP contribution in [0.1, 0.15) is 75.9 Å². The molecule has 1 saturated carbocycles. The van der Waals surface area contributed by atoms with Gasteiger partial charge in [-0.25, -0.2) is 4.68 Å². The predicted molar refractivity (Wildman–Crippen MR) is 101 cm³/mol. The fourth-order valence-corrected chi connectivity index (χ4v) is 3.46. The molecule has 1 amide bonds. The molecule has 26 heavy (non-hydrogen) atoms. The van der Waals surface area contributed by atoms with Crippen molar-refractivity contribution in [1.82, 2.24) is 14.9 Å². The lowest BCUT2D eigenvalue weighted by Crippen LogP contribution is -2.27. The van der Waals surface area contributed by atoms with E-state index in [9.17, 15) is 4.79 Å². The van der Waals surface area contributed by atoms with Gasteiger partial charge in [-0.05, 0) is 53.4 Å². The topological polar surface area (TPSA) is 73.0 Å². The fourth-order valence-electron chi connectivity index (χ4n) is 3.46. The minimum atomic E-state index is -0.208. The van der Waals surface area contributed by atoms with Crippen molar-refractivity contribution in [3.8, 4) is 0 Å². The van der Waals surface area contributed by atoms with E-state index in [1.165, 1.54) is 12.8 Å². The molecule has 1 N–H and O–H groups in total. The number of hydrogen-bond acceptors (Lipinski definition) is 4. The van der Waals surface area contributed by atoms with Gasteiger partial charge in [0.05, 0.1) is 23.3 Å². The lowest BCUT2D eigenvalue weighted by molar-refractivity contribution is -0.115. The molecular weight excluding hydrogens is 328 g/mol. The standard InChI is InChI=1S/C20H29N4O2/c1-14-11-16(26-23-14)12-19(25)21-18-13-17(22-24(18)20(2,3)4)15-9-7-5-6-8-10-15/h5,11,13,15H,6-10,12H2,1-4H3,(H,21,25). The molecule has 1 radical (unpaired) electrons. The summed E-state index contributed by atoms with van der Waals surface area (Å²) >= 11 is 0. The molecule has 0 bridgehead atoms. The van der Waals surface area contributed by atoms with Crippen LogP contribution >= 0.6 is 0 Å². The van der Waals surface area contributed by atoms with E-state index in [1.54, 1.807) is 6.07 Å². The molecule has 0 spiro atoms. The number of nitrogens with zero attached hydrogens (tertiary/aromatic N) is 3. The fraction of sp³-hybridized carbons (Fsp3) is 0.600. The van der Waals surface area contributed by atoms with Gasteiger partial charge in [-0.2, -0.15) is 5.10 Å². The maximum Gasteiger partial charge on any atom is 0.233 e. The van der Waals surface area contributed by atoms with Crippen LogP contribution in [0, 0.1) is 13.3 Å². The van der Waals surface area contributed by atoms with Gasteiger partial charge < -0.3 is 9.84 Å². The maximum absolute atomic E-state index is 12.5. The Balaban J connectivity index is 1.79. The van der Waals surface area contributed by atoms with Crippen LogP contribution < -0.4 is 5.32 Å². The molecule has 6 heteroatoms. The lowest BCUT2D eigenvalue weighted by Gasteiger charge is -2.22. The Bertz CT molecular complexity index is 746. The minimum Gasteiger partial charge on any atom is -0.361 e. The van der Waals surface area contributed by atoms with Crippen LogP contribution in [-0.2, 0) is 16.8 Å². The molecule has 1 unspecified atom stereocenters. The van der Waals surface area contributed by atoms with Gasteiger partial charge in [0.2, 0.25) is 5.91 Å². The number of anilines is 1. The number of aryl methyl sites for hydroxylation is 1. The highest BCUT2D eigenvalue weighted by atomic mass is 16.5. The summed E-state index contributed by atoms with van der Waals surface area (Å²) in [6, 6.07) is 3.83. The monoisotopic (exact) mass is 357 g/mol. The van der Waals surface area contributed by atoms with Crippen molar-refractivity contribution in [2.75, 3.05) is 5.32 Å². The second-order valence-corrected chi connectivity index (χ2v) is 8.19. The highest BCUT2D eigenvalue weighted by Gasteiger charge is 2.25. The highest BCUT2D eigenvalue weighted by Crippen LogP contribution is 2.33. The van der Waals surface area contributed by atoms with Crippen LogP contribution in [0.25, 0.3) is 0 Å².